The summed E-state index contributed by atoms with van der Waals surface area (Å²) in [6, 6.07) is 15.6. The van der Waals surface area contributed by atoms with E-state index in [0.29, 0.717) is 6.54 Å². The second-order valence-corrected chi connectivity index (χ2v) is 5.11. The maximum absolute atomic E-state index is 11.8. The molecule has 0 fully saturated rings. The molecule has 3 aromatic rings. The van der Waals surface area contributed by atoms with E-state index in [9.17, 15) is 4.79 Å². The zero-order valence-corrected chi connectivity index (χ0v) is 12.7. The number of nitrogens with zero attached hydrogens (tertiary/aromatic N) is 3. The molecule has 0 saturated heterocycles. The van der Waals surface area contributed by atoms with E-state index in [1.807, 2.05) is 66.3 Å². The highest BCUT2D eigenvalue weighted by Crippen LogP contribution is 2.19. The summed E-state index contributed by atoms with van der Waals surface area (Å²) < 4.78 is 1.89. The smallest absolute Gasteiger partial charge is 0.321 e. The molecule has 2 aromatic carbocycles. The summed E-state index contributed by atoms with van der Waals surface area (Å²) in [5.41, 5.74) is 2.79. The number of carbonyl (C=O) groups is 1. The molecule has 0 aliphatic heterocycles. The Balaban J connectivity index is 1.84. The van der Waals surface area contributed by atoms with Crippen LogP contribution >= 0.6 is 0 Å². The molecule has 0 atom stereocenters. The lowest BCUT2D eigenvalue weighted by atomic mass is 10.2. The van der Waals surface area contributed by atoms with Gasteiger partial charge < -0.3 is 10.2 Å². The van der Waals surface area contributed by atoms with E-state index < -0.39 is 0 Å². The molecule has 0 aliphatic rings. The molecule has 0 aliphatic carbocycles. The molecule has 0 bridgehead atoms. The second kappa shape index (κ2) is 5.89. The molecular weight excluding hydrogens is 276 g/mol. The third kappa shape index (κ3) is 2.65. The minimum absolute atomic E-state index is 0.111. The topological polar surface area (TPSA) is 50.2 Å². The van der Waals surface area contributed by atoms with Gasteiger partial charge in [-0.3, -0.25) is 0 Å². The van der Waals surface area contributed by atoms with Crippen molar-refractivity contribution >= 4 is 22.6 Å². The normalized spacial score (nSPS) is 10.6. The first-order valence-electron chi connectivity index (χ1n) is 7.24. The number of rotatable bonds is 3. The fourth-order valence-electron chi connectivity index (χ4n) is 2.23. The number of benzene rings is 2. The van der Waals surface area contributed by atoms with Crippen LogP contribution in [0.3, 0.4) is 0 Å². The summed E-state index contributed by atoms with van der Waals surface area (Å²) in [5, 5.41) is 8.38. The van der Waals surface area contributed by atoms with Gasteiger partial charge in [-0.15, -0.1) is 0 Å². The Morgan fingerprint density at radius 2 is 1.91 bits per heavy atom. The van der Waals surface area contributed by atoms with Crippen molar-refractivity contribution in [2.45, 2.75) is 6.92 Å². The summed E-state index contributed by atoms with van der Waals surface area (Å²) in [6.45, 7) is 2.61. The minimum Gasteiger partial charge on any atom is -0.328 e. The average molecular weight is 294 g/mol. The SMILES string of the molecule is CCN(C)C(=O)Nc1ccc(-n2ncc3ccccc32)cc1. The van der Waals surface area contributed by atoms with E-state index in [0.717, 1.165) is 22.3 Å². The van der Waals surface area contributed by atoms with Crippen molar-refractivity contribution in [2.24, 2.45) is 0 Å². The maximum atomic E-state index is 11.8. The van der Waals surface area contributed by atoms with Crippen LogP contribution < -0.4 is 5.32 Å². The molecule has 0 radical (unpaired) electrons. The van der Waals surface area contributed by atoms with E-state index in [2.05, 4.69) is 10.4 Å². The van der Waals surface area contributed by atoms with Crippen LogP contribution in [-0.4, -0.2) is 34.3 Å². The number of fused-ring (bicyclic) bond motifs is 1. The van der Waals surface area contributed by atoms with Crippen LogP contribution in [0.2, 0.25) is 0 Å². The van der Waals surface area contributed by atoms with Gasteiger partial charge >= 0.3 is 6.03 Å². The molecular formula is C17H18N4O. The van der Waals surface area contributed by atoms with Gasteiger partial charge in [-0.2, -0.15) is 5.10 Å². The van der Waals surface area contributed by atoms with Crippen molar-refractivity contribution in [3.05, 3.63) is 54.7 Å². The molecule has 5 nitrogen and oxygen atoms in total. The predicted octanol–water partition coefficient (Wildman–Crippen LogP) is 3.51. The highest BCUT2D eigenvalue weighted by Gasteiger charge is 2.07. The summed E-state index contributed by atoms with van der Waals surface area (Å²) in [6.07, 6.45) is 1.85. The molecule has 5 heteroatoms. The zero-order chi connectivity index (χ0) is 15.5. The lowest BCUT2D eigenvalue weighted by molar-refractivity contribution is 0.224. The highest BCUT2D eigenvalue weighted by atomic mass is 16.2. The number of para-hydroxylation sites is 1. The summed E-state index contributed by atoms with van der Waals surface area (Å²) >= 11 is 0. The fraction of sp³-hybridized carbons (Fsp3) is 0.176. The Bertz CT molecular complexity index is 792. The fourth-order valence-corrected chi connectivity index (χ4v) is 2.23. The molecule has 0 unspecified atom stereocenters. The van der Waals surface area contributed by atoms with Gasteiger partial charge in [0.05, 0.1) is 17.4 Å². The van der Waals surface area contributed by atoms with Crippen molar-refractivity contribution in [3.8, 4) is 5.69 Å². The van der Waals surface area contributed by atoms with Gasteiger partial charge in [0, 0.05) is 24.7 Å². The predicted molar refractivity (Wildman–Crippen MR) is 88.4 cm³/mol. The molecule has 22 heavy (non-hydrogen) atoms. The summed E-state index contributed by atoms with van der Waals surface area (Å²) in [4.78, 5) is 13.4. The molecule has 0 spiro atoms. The highest BCUT2D eigenvalue weighted by molar-refractivity contribution is 5.89. The first kappa shape index (κ1) is 14.1. The molecule has 1 aromatic heterocycles. The van der Waals surface area contributed by atoms with E-state index in [-0.39, 0.29) is 6.03 Å². The van der Waals surface area contributed by atoms with Gasteiger partial charge in [0.2, 0.25) is 0 Å². The van der Waals surface area contributed by atoms with Crippen LogP contribution in [0.1, 0.15) is 6.92 Å². The van der Waals surface area contributed by atoms with E-state index in [1.165, 1.54) is 0 Å². The standard InChI is InChI=1S/C17H18N4O/c1-3-20(2)17(22)19-14-8-10-15(11-9-14)21-16-7-5-4-6-13(16)12-18-21/h4-12H,3H2,1-2H3,(H,19,22). The second-order valence-electron chi connectivity index (χ2n) is 5.11. The molecule has 3 rings (SSSR count). The number of anilines is 1. The number of urea groups is 1. The molecule has 1 N–H and O–H groups in total. The van der Waals surface area contributed by atoms with Gasteiger partial charge in [-0.1, -0.05) is 18.2 Å². The Labute approximate surface area is 129 Å². The number of amides is 2. The first-order chi connectivity index (χ1) is 10.7. The van der Waals surface area contributed by atoms with Crippen LogP contribution in [0.25, 0.3) is 16.6 Å². The van der Waals surface area contributed by atoms with Gasteiger partial charge in [0.25, 0.3) is 0 Å². The quantitative estimate of drug-likeness (QED) is 0.803. The monoisotopic (exact) mass is 294 g/mol. The number of aromatic nitrogens is 2. The van der Waals surface area contributed by atoms with Crippen LogP contribution in [-0.2, 0) is 0 Å². The molecule has 0 saturated carbocycles. The van der Waals surface area contributed by atoms with Gasteiger partial charge in [-0.25, -0.2) is 9.48 Å². The van der Waals surface area contributed by atoms with Crippen molar-refractivity contribution in [3.63, 3.8) is 0 Å². The van der Waals surface area contributed by atoms with Gasteiger partial charge in [-0.05, 0) is 37.3 Å². The van der Waals surface area contributed by atoms with Crippen LogP contribution in [0.15, 0.2) is 54.7 Å². The summed E-state index contributed by atoms with van der Waals surface area (Å²) in [7, 11) is 1.76. The number of nitrogens with one attached hydrogen (secondary N) is 1. The lowest BCUT2D eigenvalue weighted by Crippen LogP contribution is -2.30. The Morgan fingerprint density at radius 3 is 2.64 bits per heavy atom. The number of hydrogen-bond acceptors (Lipinski definition) is 2. The minimum atomic E-state index is -0.111. The average Bonchev–Trinajstić information content (AvgIpc) is 2.99. The number of hydrogen-bond donors (Lipinski definition) is 1. The third-order valence-electron chi connectivity index (χ3n) is 3.66. The molecule has 112 valence electrons. The maximum Gasteiger partial charge on any atom is 0.321 e. The van der Waals surface area contributed by atoms with Crippen molar-refractivity contribution < 1.29 is 4.79 Å². The first-order valence-corrected chi connectivity index (χ1v) is 7.24. The zero-order valence-electron chi connectivity index (χ0n) is 12.7. The molecule has 2 amide bonds. The van der Waals surface area contributed by atoms with Crippen molar-refractivity contribution in [2.75, 3.05) is 18.9 Å². The third-order valence-corrected chi connectivity index (χ3v) is 3.66. The largest absolute Gasteiger partial charge is 0.328 e. The van der Waals surface area contributed by atoms with Crippen LogP contribution in [0.5, 0.6) is 0 Å². The van der Waals surface area contributed by atoms with E-state index >= 15 is 0 Å². The van der Waals surface area contributed by atoms with Crippen molar-refractivity contribution in [1.29, 1.82) is 0 Å². The Morgan fingerprint density at radius 1 is 1.18 bits per heavy atom. The lowest BCUT2D eigenvalue weighted by Gasteiger charge is -2.15. The van der Waals surface area contributed by atoms with Gasteiger partial charge in [0.1, 0.15) is 0 Å². The summed E-state index contributed by atoms with van der Waals surface area (Å²) in [5.74, 6) is 0. The Kier molecular flexibility index (Phi) is 3.78. The van der Waals surface area contributed by atoms with E-state index in [1.54, 1.807) is 11.9 Å². The van der Waals surface area contributed by atoms with Gasteiger partial charge in [0.15, 0.2) is 0 Å². The number of carbonyl (C=O) groups excluding carboxylic acids is 1. The van der Waals surface area contributed by atoms with Crippen molar-refractivity contribution in [1.82, 2.24) is 14.7 Å². The van der Waals surface area contributed by atoms with Crippen LogP contribution in [0, 0.1) is 0 Å². The molecule has 1 heterocycles. The van der Waals surface area contributed by atoms with E-state index in [4.69, 9.17) is 0 Å². The van der Waals surface area contributed by atoms with Crippen LogP contribution in [0.4, 0.5) is 10.5 Å². The Hall–Kier alpha value is -2.82.